The van der Waals surface area contributed by atoms with E-state index >= 15 is 0 Å². The quantitative estimate of drug-likeness (QED) is 0.688. The molecule has 4 heterocycles. The van der Waals surface area contributed by atoms with Crippen molar-refractivity contribution in [3.05, 3.63) is 47.8 Å². The van der Waals surface area contributed by atoms with Gasteiger partial charge in [0.25, 0.3) is 0 Å². The van der Waals surface area contributed by atoms with Crippen molar-refractivity contribution in [2.75, 3.05) is 62.2 Å². The van der Waals surface area contributed by atoms with Crippen LogP contribution < -0.4 is 15.1 Å². The minimum Gasteiger partial charge on any atom is -0.444 e. The number of halogens is 1. The van der Waals surface area contributed by atoms with Gasteiger partial charge in [0.1, 0.15) is 17.2 Å². The van der Waals surface area contributed by atoms with Gasteiger partial charge in [-0.05, 0) is 57.9 Å². The van der Waals surface area contributed by atoms with Gasteiger partial charge in [-0.2, -0.15) is 0 Å². The van der Waals surface area contributed by atoms with Crippen molar-refractivity contribution in [3.8, 4) is 0 Å². The molecule has 0 saturated carbocycles. The lowest BCUT2D eigenvalue weighted by atomic mass is 10.2. The third kappa shape index (κ3) is 8.02. The maximum atomic E-state index is 12.0. The van der Waals surface area contributed by atoms with E-state index < -0.39 is 5.60 Å². The van der Waals surface area contributed by atoms with E-state index in [1.165, 1.54) is 11.1 Å². The predicted molar refractivity (Wildman–Crippen MR) is 140 cm³/mol. The summed E-state index contributed by atoms with van der Waals surface area (Å²) in [5, 5.41) is 3.33. The molecule has 2 aliphatic heterocycles. The molecule has 2 aromatic rings. The van der Waals surface area contributed by atoms with Gasteiger partial charge in [0.2, 0.25) is 0 Å². The summed E-state index contributed by atoms with van der Waals surface area (Å²) in [6, 6.07) is 8.10. The number of aryl methyl sites for hydroxylation is 2. The zero-order valence-electron chi connectivity index (χ0n) is 21.1. The highest BCUT2D eigenvalue weighted by atomic mass is 35.5. The fraction of sp³-hybridized carbons (Fsp3) is 0.560. The Labute approximate surface area is 210 Å². The van der Waals surface area contributed by atoms with E-state index in [0.717, 1.165) is 50.9 Å². The van der Waals surface area contributed by atoms with Crippen LogP contribution in [-0.2, 0) is 4.74 Å². The van der Waals surface area contributed by atoms with Crippen LogP contribution >= 0.6 is 12.4 Å². The lowest BCUT2D eigenvalue weighted by molar-refractivity contribution is 0.0240. The highest BCUT2D eigenvalue weighted by Gasteiger charge is 2.26. The van der Waals surface area contributed by atoms with Crippen LogP contribution in [0.15, 0.2) is 36.7 Å². The number of amides is 1. The van der Waals surface area contributed by atoms with Gasteiger partial charge >= 0.3 is 6.09 Å². The maximum absolute atomic E-state index is 12.0. The number of nitrogens with one attached hydrogen (secondary N) is 1. The van der Waals surface area contributed by atoms with Crippen LogP contribution in [0.4, 0.5) is 16.4 Å². The lowest BCUT2D eigenvalue weighted by Crippen LogP contribution is -2.50. The molecule has 0 spiro atoms. The average molecular weight is 491 g/mol. The molecule has 34 heavy (non-hydrogen) atoms. The molecule has 2 aromatic heterocycles. The molecular formula is C25H39ClN6O2. The summed E-state index contributed by atoms with van der Waals surface area (Å²) in [7, 11) is 0. The van der Waals surface area contributed by atoms with E-state index in [1.54, 1.807) is 4.90 Å². The van der Waals surface area contributed by atoms with Crippen LogP contribution in [-0.4, -0.2) is 78.9 Å². The SMILES string of the molecule is Cc1cccnc1N1CCN(C(=O)OC(C)(C)C)CC1.Cc1cccnc1N1CCNCC1.Cl. The van der Waals surface area contributed by atoms with Crippen LogP contribution in [0.3, 0.4) is 0 Å². The number of ether oxygens (including phenoxy) is 1. The second-order valence-electron chi connectivity index (χ2n) is 9.48. The number of piperazine rings is 2. The molecule has 0 radical (unpaired) electrons. The Hall–Kier alpha value is -2.58. The van der Waals surface area contributed by atoms with Crippen molar-refractivity contribution in [2.24, 2.45) is 0 Å². The van der Waals surface area contributed by atoms with Gasteiger partial charge < -0.3 is 24.8 Å². The number of aromatic nitrogens is 2. The van der Waals surface area contributed by atoms with Gasteiger partial charge in [-0.15, -0.1) is 12.4 Å². The van der Waals surface area contributed by atoms with Crippen molar-refractivity contribution in [1.82, 2.24) is 20.2 Å². The molecule has 0 unspecified atom stereocenters. The van der Waals surface area contributed by atoms with E-state index in [0.29, 0.717) is 13.1 Å². The van der Waals surface area contributed by atoms with Crippen molar-refractivity contribution >= 4 is 30.1 Å². The first-order chi connectivity index (χ1) is 15.7. The largest absolute Gasteiger partial charge is 0.444 e. The van der Waals surface area contributed by atoms with Gasteiger partial charge in [0, 0.05) is 64.8 Å². The summed E-state index contributed by atoms with van der Waals surface area (Å²) in [5.41, 5.74) is 1.99. The summed E-state index contributed by atoms with van der Waals surface area (Å²) in [5.74, 6) is 2.15. The Balaban J connectivity index is 0.000000253. The minimum atomic E-state index is -0.439. The molecule has 4 rings (SSSR count). The predicted octanol–water partition coefficient (Wildman–Crippen LogP) is 3.67. The number of rotatable bonds is 2. The van der Waals surface area contributed by atoms with E-state index in [-0.39, 0.29) is 18.5 Å². The second-order valence-corrected chi connectivity index (χ2v) is 9.48. The van der Waals surface area contributed by atoms with Gasteiger partial charge in [0.15, 0.2) is 0 Å². The molecule has 9 heteroatoms. The number of nitrogens with zero attached hydrogens (tertiary/aromatic N) is 5. The van der Waals surface area contributed by atoms with Gasteiger partial charge in [-0.25, -0.2) is 14.8 Å². The van der Waals surface area contributed by atoms with Crippen molar-refractivity contribution in [1.29, 1.82) is 0 Å². The van der Waals surface area contributed by atoms with Crippen LogP contribution in [0.25, 0.3) is 0 Å². The molecule has 0 aromatic carbocycles. The standard InChI is InChI=1S/C15H23N3O2.C10H15N3.ClH/c1-12-6-5-7-16-13(12)17-8-10-18(11-9-17)14(19)20-15(2,3)4;1-9-3-2-4-12-10(9)13-7-5-11-6-8-13;/h5-7H,8-11H2,1-4H3;2-4,11H,5-8H2,1H3;1H. The van der Waals surface area contributed by atoms with Crippen LogP contribution in [0, 0.1) is 13.8 Å². The normalized spacial score (nSPS) is 16.2. The fourth-order valence-corrected chi connectivity index (χ4v) is 3.92. The zero-order chi connectivity index (χ0) is 23.8. The summed E-state index contributed by atoms with van der Waals surface area (Å²) in [6.45, 7) is 17.0. The second kappa shape index (κ2) is 12.8. The molecule has 0 atom stereocenters. The molecule has 0 aliphatic carbocycles. The van der Waals surface area contributed by atoms with E-state index in [2.05, 4.69) is 51.1 Å². The average Bonchev–Trinajstić information content (AvgIpc) is 2.80. The number of anilines is 2. The third-order valence-corrected chi connectivity index (χ3v) is 5.61. The van der Waals surface area contributed by atoms with E-state index in [1.807, 2.05) is 45.3 Å². The van der Waals surface area contributed by atoms with E-state index in [4.69, 9.17) is 4.74 Å². The monoisotopic (exact) mass is 490 g/mol. The first-order valence-electron chi connectivity index (χ1n) is 11.8. The Bertz CT molecular complexity index is 906. The molecule has 8 nitrogen and oxygen atoms in total. The number of carbonyl (C=O) groups is 1. The van der Waals surface area contributed by atoms with Crippen molar-refractivity contribution in [2.45, 2.75) is 40.2 Å². The van der Waals surface area contributed by atoms with Crippen molar-refractivity contribution in [3.63, 3.8) is 0 Å². The Morgan fingerprint density at radius 3 is 1.76 bits per heavy atom. The Morgan fingerprint density at radius 2 is 1.32 bits per heavy atom. The molecule has 0 bridgehead atoms. The fourth-order valence-electron chi connectivity index (χ4n) is 3.92. The van der Waals surface area contributed by atoms with Crippen LogP contribution in [0.2, 0.25) is 0 Å². The van der Waals surface area contributed by atoms with Gasteiger partial charge in [0.05, 0.1) is 0 Å². The first kappa shape index (κ1) is 27.7. The van der Waals surface area contributed by atoms with Crippen LogP contribution in [0.5, 0.6) is 0 Å². The number of hydrogen-bond donors (Lipinski definition) is 1. The highest BCUT2D eigenvalue weighted by Crippen LogP contribution is 2.19. The smallest absolute Gasteiger partial charge is 0.410 e. The van der Waals surface area contributed by atoms with Gasteiger partial charge in [-0.1, -0.05) is 12.1 Å². The minimum absolute atomic E-state index is 0. The highest BCUT2D eigenvalue weighted by molar-refractivity contribution is 5.85. The molecule has 1 amide bonds. The molecule has 2 saturated heterocycles. The van der Waals surface area contributed by atoms with Crippen molar-refractivity contribution < 1.29 is 9.53 Å². The zero-order valence-corrected chi connectivity index (χ0v) is 21.9. The van der Waals surface area contributed by atoms with Gasteiger partial charge in [-0.3, -0.25) is 0 Å². The molecular weight excluding hydrogens is 452 g/mol. The Morgan fingerprint density at radius 1 is 0.853 bits per heavy atom. The number of pyridine rings is 2. The molecule has 188 valence electrons. The molecule has 2 fully saturated rings. The third-order valence-electron chi connectivity index (χ3n) is 5.61. The summed E-state index contributed by atoms with van der Waals surface area (Å²) in [4.78, 5) is 27.1. The summed E-state index contributed by atoms with van der Waals surface area (Å²) in [6.07, 6.45) is 3.45. The van der Waals surface area contributed by atoms with E-state index in [9.17, 15) is 4.79 Å². The van der Waals surface area contributed by atoms with Crippen LogP contribution in [0.1, 0.15) is 31.9 Å². The lowest BCUT2D eigenvalue weighted by Gasteiger charge is -2.36. The Kier molecular flexibility index (Phi) is 10.4. The topological polar surface area (TPSA) is 73.8 Å². The first-order valence-corrected chi connectivity index (χ1v) is 11.8. The number of hydrogen-bond acceptors (Lipinski definition) is 7. The molecule has 2 aliphatic rings. The maximum Gasteiger partial charge on any atom is 0.410 e. The summed E-state index contributed by atoms with van der Waals surface area (Å²) < 4.78 is 5.39. The number of carbonyl (C=O) groups excluding carboxylic acids is 1. The molecule has 1 N–H and O–H groups in total. The summed E-state index contributed by atoms with van der Waals surface area (Å²) >= 11 is 0.